The molecule has 21 heavy (non-hydrogen) atoms. The van der Waals surface area contributed by atoms with Crippen molar-refractivity contribution in [3.63, 3.8) is 0 Å². The van der Waals surface area contributed by atoms with Crippen LogP contribution in [0, 0.1) is 44.0 Å². The second-order valence-electron chi connectivity index (χ2n) is 5.74. The van der Waals surface area contributed by atoms with Crippen molar-refractivity contribution in [2.24, 2.45) is 5.92 Å². The summed E-state index contributed by atoms with van der Waals surface area (Å²) in [5.41, 5.74) is 1.70. The summed E-state index contributed by atoms with van der Waals surface area (Å²) in [5, 5.41) is 10.4. The third-order valence-electron chi connectivity index (χ3n) is 4.15. The molecule has 1 aromatic rings. The van der Waals surface area contributed by atoms with Crippen LogP contribution in [0.3, 0.4) is 0 Å². The van der Waals surface area contributed by atoms with Crippen LogP contribution in [0.15, 0.2) is 24.3 Å². The topological polar surface area (TPSA) is 40.5 Å². The molecule has 0 saturated heterocycles. The van der Waals surface area contributed by atoms with E-state index in [4.69, 9.17) is 0 Å². The molecule has 1 unspecified atom stereocenters. The van der Waals surface area contributed by atoms with Gasteiger partial charge in [0.25, 0.3) is 0 Å². The fourth-order valence-corrected chi connectivity index (χ4v) is 2.95. The van der Waals surface area contributed by atoms with Crippen LogP contribution in [0.4, 0.5) is 5.69 Å². The molecule has 0 radical (unpaired) electrons. The molecule has 4 heteroatoms. The van der Waals surface area contributed by atoms with Crippen molar-refractivity contribution in [2.45, 2.75) is 51.2 Å². The van der Waals surface area contributed by atoms with Gasteiger partial charge in [-0.25, -0.2) is 0 Å². The molecule has 2 atom stereocenters. The number of rotatable bonds is 5. The molecule has 0 aromatic heterocycles. The number of amides is 1. The molecule has 1 fully saturated rings. The van der Waals surface area contributed by atoms with Crippen LogP contribution in [0.5, 0.6) is 0 Å². The van der Waals surface area contributed by atoms with E-state index in [1.54, 1.807) is 0 Å². The Morgan fingerprint density at radius 2 is 1.81 bits per heavy atom. The number of hydrogen-bond donors (Lipinski definition) is 1. The summed E-state index contributed by atoms with van der Waals surface area (Å²) in [6, 6.07) is 7.35. The van der Waals surface area contributed by atoms with Gasteiger partial charge in [0.05, 0.1) is 12.5 Å². The Kier molecular flexibility index (Phi) is 8.02. The molecule has 1 aromatic carbocycles. The van der Waals surface area contributed by atoms with Gasteiger partial charge >= 0.3 is 31.1 Å². The molecule has 1 N–H and O–H groups in total. The minimum Gasteiger partial charge on any atom is -0.500 e. The third-order valence-corrected chi connectivity index (χ3v) is 4.15. The first kappa shape index (κ1) is 18.8. The Bertz CT molecular complexity index is 427. The molecule has 0 aliphatic heterocycles. The summed E-state index contributed by atoms with van der Waals surface area (Å²) in [6.45, 7) is 5.67. The number of benzene rings is 1. The first-order valence-electron chi connectivity index (χ1n) is 7.41. The van der Waals surface area contributed by atoms with E-state index in [0.29, 0.717) is 5.92 Å². The number of carbonyl (C=O) groups excluding carboxylic acids is 1. The van der Waals surface area contributed by atoms with Gasteiger partial charge in [-0.1, -0.05) is 38.3 Å². The maximum Gasteiger partial charge on any atom is 2.00 e. The Balaban J connectivity index is 0.00000220. The van der Waals surface area contributed by atoms with Gasteiger partial charge in [0.2, 0.25) is 0 Å². The van der Waals surface area contributed by atoms with Gasteiger partial charge in [0.1, 0.15) is 0 Å². The van der Waals surface area contributed by atoms with Crippen LogP contribution < -0.4 is 4.90 Å². The summed E-state index contributed by atoms with van der Waals surface area (Å²) in [6.07, 6.45) is 7.42. The second-order valence-corrected chi connectivity index (χ2v) is 5.74. The van der Waals surface area contributed by atoms with Crippen LogP contribution in [0.1, 0.15) is 50.7 Å². The van der Waals surface area contributed by atoms with Crippen molar-refractivity contribution in [2.75, 3.05) is 4.90 Å². The number of hydrogen-bond acceptors (Lipinski definition) is 2. The van der Waals surface area contributed by atoms with E-state index in [9.17, 15) is 9.90 Å². The smallest absolute Gasteiger partial charge is 0.500 e. The van der Waals surface area contributed by atoms with E-state index >= 15 is 0 Å². The van der Waals surface area contributed by atoms with Crippen LogP contribution in [-0.4, -0.2) is 17.6 Å². The van der Waals surface area contributed by atoms with Crippen LogP contribution in [0.25, 0.3) is 0 Å². The van der Waals surface area contributed by atoms with E-state index in [0.717, 1.165) is 24.1 Å². The van der Waals surface area contributed by atoms with Gasteiger partial charge in [0.15, 0.2) is 0 Å². The van der Waals surface area contributed by atoms with E-state index in [-0.39, 0.29) is 37.2 Å². The molecule has 112 valence electrons. The Hall–Kier alpha value is -0.298. The molecule has 1 aliphatic rings. The number of aliphatic hydroxyl groups excluding tert-OH is 1. The fraction of sp³-hybridized carbons (Fsp3) is 0.529. The zero-order valence-electron chi connectivity index (χ0n) is 12.6. The molecule has 1 aliphatic carbocycles. The molecule has 0 bridgehead atoms. The zero-order chi connectivity index (χ0) is 14.5. The van der Waals surface area contributed by atoms with Gasteiger partial charge in [-0.3, -0.25) is 0 Å². The van der Waals surface area contributed by atoms with Crippen molar-refractivity contribution in [1.82, 2.24) is 0 Å². The molecule has 0 spiro atoms. The molecule has 3 nitrogen and oxygen atoms in total. The van der Waals surface area contributed by atoms with Crippen molar-refractivity contribution in [1.29, 1.82) is 0 Å². The normalized spacial score (nSPS) is 18.4. The molecule has 0 heterocycles. The first-order valence-corrected chi connectivity index (χ1v) is 7.41. The quantitative estimate of drug-likeness (QED) is 0.487. The predicted octanol–water partition coefficient (Wildman–Crippen LogP) is 3.40. The maximum atomic E-state index is 10.9. The zero-order valence-corrected chi connectivity index (χ0v) is 16.8. The van der Waals surface area contributed by atoms with Crippen LogP contribution >= 0.6 is 0 Å². The van der Waals surface area contributed by atoms with Gasteiger partial charge in [0, 0.05) is 0 Å². The average molecular weight is 511 g/mol. The monoisotopic (exact) mass is 511 g/mol. The standard InChI is InChI=1S/C17H23NO2.U/c1-13(2)18(12-19)16-10-8-15(9-11-16)17(20)14-6-4-3-5-7-14;/h8-11,13-14,17,20H,1,3-7H2,2H3;/q-2;+2/t13-,17?;/m1./s1. The van der Waals surface area contributed by atoms with E-state index in [2.05, 4.69) is 6.92 Å². The second kappa shape index (κ2) is 8.98. The van der Waals surface area contributed by atoms with E-state index in [1.165, 1.54) is 24.2 Å². The van der Waals surface area contributed by atoms with Crippen molar-refractivity contribution in [3.8, 4) is 0 Å². The Morgan fingerprint density at radius 3 is 2.29 bits per heavy atom. The molecular formula is C17H23NO2U. The van der Waals surface area contributed by atoms with Crippen molar-refractivity contribution >= 4 is 12.1 Å². The minimum absolute atomic E-state index is 0. The molecule has 2 rings (SSSR count). The Morgan fingerprint density at radius 1 is 1.24 bits per heavy atom. The first-order chi connectivity index (χ1) is 9.63. The summed E-state index contributed by atoms with van der Waals surface area (Å²) in [7, 11) is 0. The summed E-state index contributed by atoms with van der Waals surface area (Å²) < 4.78 is 0. The number of anilines is 1. The van der Waals surface area contributed by atoms with Crippen molar-refractivity contribution in [3.05, 3.63) is 36.8 Å². The Labute approximate surface area is 151 Å². The third kappa shape index (κ3) is 4.84. The largest absolute Gasteiger partial charge is 2.00 e. The molecule has 1 amide bonds. The van der Waals surface area contributed by atoms with E-state index < -0.39 is 6.10 Å². The van der Waals surface area contributed by atoms with Crippen LogP contribution in [0.2, 0.25) is 0 Å². The van der Waals surface area contributed by atoms with Gasteiger partial charge < -0.3 is 21.7 Å². The van der Waals surface area contributed by atoms with Gasteiger partial charge in [-0.15, -0.1) is 23.9 Å². The van der Waals surface area contributed by atoms with Gasteiger partial charge in [-0.2, -0.15) is 0 Å². The maximum absolute atomic E-state index is 10.9. The number of aliphatic hydroxyl groups is 1. The summed E-state index contributed by atoms with van der Waals surface area (Å²) in [5.74, 6) is 0.370. The van der Waals surface area contributed by atoms with E-state index in [1.807, 2.05) is 37.6 Å². The minimum atomic E-state index is -0.393. The molecule has 1 saturated carbocycles. The van der Waals surface area contributed by atoms with Gasteiger partial charge in [-0.05, 0) is 24.3 Å². The number of nitrogens with zero attached hydrogens (tertiary/aromatic N) is 1. The fourth-order valence-electron chi connectivity index (χ4n) is 2.95. The average Bonchev–Trinajstić information content (AvgIpc) is 2.48. The SMILES string of the molecule is [CH2-][C@H](C)N([C-]=O)c1ccc(C(O)C2CCCCC2)cc1.[U+2]. The van der Waals surface area contributed by atoms with Crippen LogP contribution in [-0.2, 0) is 4.79 Å². The predicted molar refractivity (Wildman–Crippen MR) is 81.0 cm³/mol. The molecular weight excluding hydrogens is 488 g/mol. The summed E-state index contributed by atoms with van der Waals surface area (Å²) >= 11 is 0. The summed E-state index contributed by atoms with van der Waals surface area (Å²) in [4.78, 5) is 12.4. The van der Waals surface area contributed by atoms with Crippen molar-refractivity contribution < 1.29 is 41.0 Å².